The maximum absolute atomic E-state index is 2.66. The quantitative estimate of drug-likeness (QED) is 0.655. The van der Waals surface area contributed by atoms with Crippen molar-refractivity contribution in [1.29, 1.82) is 0 Å². The summed E-state index contributed by atoms with van der Waals surface area (Å²) >= 11 is 0. The predicted octanol–water partition coefficient (Wildman–Crippen LogP) is 4.24. The van der Waals surface area contributed by atoms with Crippen molar-refractivity contribution in [2.45, 2.75) is 46.2 Å². The van der Waals surface area contributed by atoms with Crippen LogP contribution in [0.4, 0.5) is 0 Å². The molecule has 0 saturated heterocycles. The standard InChI is InChI=1S/C15H26NP/c1-5-14(6-2)17(16(7-3)8-4)15-12-10-9-11-13-15/h9-14H,5-8H2,1-4H3. The Hall–Kier alpha value is -0.390. The van der Waals surface area contributed by atoms with Gasteiger partial charge in [0.1, 0.15) is 0 Å². The maximum atomic E-state index is 2.66. The summed E-state index contributed by atoms with van der Waals surface area (Å²) < 4.78 is 2.66. The van der Waals surface area contributed by atoms with E-state index in [9.17, 15) is 0 Å². The Kier molecular flexibility index (Phi) is 6.77. The lowest BCUT2D eigenvalue weighted by Crippen LogP contribution is -2.28. The molecule has 0 N–H and O–H groups in total. The summed E-state index contributed by atoms with van der Waals surface area (Å²) in [4.78, 5) is 0. The third-order valence-corrected chi connectivity index (χ3v) is 6.77. The van der Waals surface area contributed by atoms with Gasteiger partial charge in [0, 0.05) is 0 Å². The first-order valence-electron chi connectivity index (χ1n) is 6.87. The molecule has 1 rings (SSSR count). The second-order valence-corrected chi connectivity index (χ2v) is 6.79. The number of hydrogen-bond donors (Lipinski definition) is 0. The lowest BCUT2D eigenvalue weighted by Gasteiger charge is -2.35. The Balaban J connectivity index is 3.01. The van der Waals surface area contributed by atoms with Crippen LogP contribution >= 0.6 is 8.07 Å². The van der Waals surface area contributed by atoms with Gasteiger partial charge in [0.2, 0.25) is 0 Å². The van der Waals surface area contributed by atoms with E-state index in [2.05, 4.69) is 62.7 Å². The van der Waals surface area contributed by atoms with Crippen molar-refractivity contribution in [2.24, 2.45) is 0 Å². The average molecular weight is 251 g/mol. The van der Waals surface area contributed by atoms with Crippen LogP contribution in [0.3, 0.4) is 0 Å². The molecule has 0 aliphatic heterocycles. The van der Waals surface area contributed by atoms with Gasteiger partial charge in [-0.3, -0.25) is 4.67 Å². The number of nitrogens with zero attached hydrogens (tertiary/aromatic N) is 1. The monoisotopic (exact) mass is 251 g/mol. The average Bonchev–Trinajstić information content (AvgIpc) is 2.40. The van der Waals surface area contributed by atoms with Crippen molar-refractivity contribution < 1.29 is 0 Å². The molecule has 0 radical (unpaired) electrons. The molecule has 17 heavy (non-hydrogen) atoms. The summed E-state index contributed by atoms with van der Waals surface area (Å²) in [6.45, 7) is 11.5. The van der Waals surface area contributed by atoms with Crippen molar-refractivity contribution in [3.63, 3.8) is 0 Å². The van der Waals surface area contributed by atoms with Crippen molar-refractivity contribution >= 4 is 13.4 Å². The van der Waals surface area contributed by atoms with Crippen LogP contribution in [0.5, 0.6) is 0 Å². The fourth-order valence-corrected chi connectivity index (χ4v) is 5.34. The van der Waals surface area contributed by atoms with Crippen LogP contribution in [-0.2, 0) is 0 Å². The van der Waals surface area contributed by atoms with Crippen molar-refractivity contribution in [1.82, 2.24) is 4.67 Å². The molecular weight excluding hydrogens is 225 g/mol. The maximum Gasteiger partial charge on any atom is -0.000476 e. The summed E-state index contributed by atoms with van der Waals surface area (Å²) in [5, 5.41) is 1.54. The molecule has 1 unspecified atom stereocenters. The molecular formula is C15H26NP. The minimum Gasteiger partial charge on any atom is -0.279 e. The highest BCUT2D eigenvalue weighted by atomic mass is 31.1. The molecule has 1 aromatic rings. The van der Waals surface area contributed by atoms with E-state index in [4.69, 9.17) is 0 Å². The molecule has 0 aliphatic rings. The molecule has 2 heteroatoms. The van der Waals surface area contributed by atoms with Crippen LogP contribution in [0.1, 0.15) is 40.5 Å². The summed E-state index contributed by atoms with van der Waals surface area (Å²) in [5.41, 5.74) is 0.826. The normalized spacial score (nSPS) is 13.3. The largest absolute Gasteiger partial charge is 0.279 e. The number of hydrogen-bond acceptors (Lipinski definition) is 1. The number of benzene rings is 1. The lowest BCUT2D eigenvalue weighted by atomic mass is 10.3. The van der Waals surface area contributed by atoms with Gasteiger partial charge in [-0.05, 0) is 45.0 Å². The Morgan fingerprint density at radius 2 is 1.47 bits per heavy atom. The summed E-state index contributed by atoms with van der Waals surface area (Å²) in [5.74, 6) is 0. The molecule has 1 aromatic carbocycles. The first-order valence-corrected chi connectivity index (χ1v) is 8.23. The Morgan fingerprint density at radius 3 is 1.88 bits per heavy atom. The minimum atomic E-state index is -0.150. The van der Waals surface area contributed by atoms with Gasteiger partial charge in [0.15, 0.2) is 0 Å². The summed E-state index contributed by atoms with van der Waals surface area (Å²) in [6.07, 6.45) is 2.57. The van der Waals surface area contributed by atoms with Gasteiger partial charge in [-0.1, -0.05) is 58.0 Å². The van der Waals surface area contributed by atoms with Crippen LogP contribution in [0.15, 0.2) is 30.3 Å². The topological polar surface area (TPSA) is 3.24 Å². The zero-order valence-electron chi connectivity index (χ0n) is 11.7. The SMILES string of the molecule is CCC(CC)P(c1ccccc1)N(CC)CC. The third-order valence-electron chi connectivity index (χ3n) is 3.34. The van der Waals surface area contributed by atoms with E-state index < -0.39 is 0 Å². The van der Waals surface area contributed by atoms with E-state index in [1.807, 2.05) is 0 Å². The second kappa shape index (κ2) is 7.84. The van der Waals surface area contributed by atoms with Gasteiger partial charge in [-0.2, -0.15) is 0 Å². The Bertz CT molecular complexity index is 279. The summed E-state index contributed by atoms with van der Waals surface area (Å²) in [6, 6.07) is 11.1. The minimum absolute atomic E-state index is 0.150. The van der Waals surface area contributed by atoms with Gasteiger partial charge in [0.05, 0.1) is 0 Å². The molecule has 0 fully saturated rings. The fraction of sp³-hybridized carbons (Fsp3) is 0.600. The van der Waals surface area contributed by atoms with E-state index >= 15 is 0 Å². The Morgan fingerprint density at radius 1 is 0.941 bits per heavy atom. The smallest absolute Gasteiger partial charge is 0.000476 e. The van der Waals surface area contributed by atoms with Crippen molar-refractivity contribution in [3.8, 4) is 0 Å². The molecule has 0 spiro atoms. The van der Waals surface area contributed by atoms with E-state index in [0.29, 0.717) is 0 Å². The predicted molar refractivity (Wildman–Crippen MR) is 80.3 cm³/mol. The van der Waals surface area contributed by atoms with Gasteiger partial charge < -0.3 is 0 Å². The van der Waals surface area contributed by atoms with Crippen LogP contribution < -0.4 is 5.30 Å². The van der Waals surface area contributed by atoms with E-state index in [1.54, 1.807) is 5.30 Å². The van der Waals surface area contributed by atoms with Crippen LogP contribution in [0.2, 0.25) is 0 Å². The molecule has 0 saturated carbocycles. The Labute approximate surface area is 108 Å². The molecule has 0 bridgehead atoms. The molecule has 1 atom stereocenters. The molecule has 1 nitrogen and oxygen atoms in total. The van der Waals surface area contributed by atoms with Crippen LogP contribution in [0.25, 0.3) is 0 Å². The molecule has 0 amide bonds. The highest BCUT2D eigenvalue weighted by Gasteiger charge is 2.24. The second-order valence-electron chi connectivity index (χ2n) is 4.29. The first-order chi connectivity index (χ1) is 8.28. The van der Waals surface area contributed by atoms with Gasteiger partial charge in [0.25, 0.3) is 0 Å². The first kappa shape index (κ1) is 14.7. The molecule has 0 heterocycles. The number of rotatable bonds is 7. The fourth-order valence-electron chi connectivity index (χ4n) is 2.35. The van der Waals surface area contributed by atoms with Crippen molar-refractivity contribution in [2.75, 3.05) is 13.1 Å². The van der Waals surface area contributed by atoms with E-state index in [1.165, 1.54) is 12.8 Å². The molecule has 0 aromatic heterocycles. The highest BCUT2D eigenvalue weighted by molar-refractivity contribution is 7.64. The molecule has 96 valence electrons. The molecule has 0 aliphatic carbocycles. The van der Waals surface area contributed by atoms with Gasteiger partial charge in [-0.25, -0.2) is 0 Å². The van der Waals surface area contributed by atoms with Gasteiger partial charge in [-0.15, -0.1) is 0 Å². The van der Waals surface area contributed by atoms with Gasteiger partial charge >= 0.3 is 0 Å². The van der Waals surface area contributed by atoms with E-state index in [-0.39, 0.29) is 8.07 Å². The zero-order chi connectivity index (χ0) is 12.7. The van der Waals surface area contributed by atoms with E-state index in [0.717, 1.165) is 18.7 Å². The van der Waals surface area contributed by atoms with Crippen molar-refractivity contribution in [3.05, 3.63) is 30.3 Å². The lowest BCUT2D eigenvalue weighted by molar-refractivity contribution is 0.500. The van der Waals surface area contributed by atoms with Crippen LogP contribution in [-0.4, -0.2) is 23.4 Å². The summed E-state index contributed by atoms with van der Waals surface area (Å²) in [7, 11) is -0.150. The van der Waals surface area contributed by atoms with Crippen LogP contribution in [0, 0.1) is 0 Å². The zero-order valence-corrected chi connectivity index (χ0v) is 12.6. The third kappa shape index (κ3) is 3.79. The highest BCUT2D eigenvalue weighted by Crippen LogP contribution is 2.46.